The van der Waals surface area contributed by atoms with Crippen molar-refractivity contribution in [1.29, 1.82) is 0 Å². The third kappa shape index (κ3) is 39.3. The lowest BCUT2D eigenvalue weighted by Gasteiger charge is -2.23. The summed E-state index contributed by atoms with van der Waals surface area (Å²) < 4.78 is 32.5. The maximum absolute atomic E-state index is 12.5. The molecule has 1 amide bonds. The van der Waals surface area contributed by atoms with E-state index in [9.17, 15) is 22.9 Å². The Kier molecular flexibility index (Phi) is 36.8. The second-order valence-electron chi connectivity index (χ2n) is 14.6. The summed E-state index contributed by atoms with van der Waals surface area (Å²) in [7, 11) is -4.31. The Morgan fingerprint density at radius 3 is 1.39 bits per heavy atom. The summed E-state index contributed by atoms with van der Waals surface area (Å²) in [6, 6.07) is -0.973. The van der Waals surface area contributed by atoms with Gasteiger partial charge in [-0.15, -0.1) is 0 Å². The van der Waals surface area contributed by atoms with E-state index in [-0.39, 0.29) is 5.91 Å². The highest BCUT2D eigenvalue weighted by molar-refractivity contribution is 7.85. The Balaban J connectivity index is 3.82. The normalized spacial score (nSPS) is 13.7. The molecule has 0 aromatic heterocycles. The number of aliphatic hydroxyl groups is 1. The van der Waals surface area contributed by atoms with Crippen LogP contribution in [0.5, 0.6) is 0 Å². The number of nitrogens with one attached hydrogen (secondary N) is 1. The zero-order valence-electron chi connectivity index (χ0n) is 33.2. The fraction of sp³-hybridized carbons (Fsp3) is 0.795. The molecule has 0 aromatic rings. The average Bonchev–Trinajstić information content (AvgIpc) is 3.09. The number of unbranched alkanes of at least 4 members (excludes halogenated alkanes) is 22. The Bertz CT molecular complexity index is 987. The van der Waals surface area contributed by atoms with Crippen molar-refractivity contribution in [3.63, 3.8) is 0 Å². The summed E-state index contributed by atoms with van der Waals surface area (Å²) in [5.41, 5.74) is 0. The molecule has 3 N–H and O–H groups in total. The molecule has 0 aliphatic heterocycles. The molecule has 298 valence electrons. The number of amides is 1. The quantitative estimate of drug-likeness (QED) is 0.0333. The molecule has 0 bridgehead atoms. The van der Waals surface area contributed by atoms with Gasteiger partial charge in [0.15, 0.2) is 0 Å². The zero-order chi connectivity index (χ0) is 37.5. The lowest BCUT2D eigenvalue weighted by atomic mass is 10.0. The minimum atomic E-state index is -4.31. The summed E-state index contributed by atoms with van der Waals surface area (Å²) >= 11 is 0. The van der Waals surface area contributed by atoms with Gasteiger partial charge >= 0.3 is 0 Å². The standard InChI is InChI=1S/C44H81NO5S/c1-3-5-7-9-11-13-15-17-18-19-20-21-22-23-24-25-26-28-30-32-34-36-38-40-44(47)45-42(41-51(48,49)50)43(46)39-37-35-33-31-29-27-16-14-12-10-8-6-4-2/h5,7,11,13,17-18,20-21,42-43,46H,3-4,6,8-10,12,14-16,19,22-41H2,1-2H3,(H,45,47)(H,48,49,50)/b7-5-,13-11-,18-17-,21-20-. The molecule has 51 heavy (non-hydrogen) atoms. The van der Waals surface area contributed by atoms with Crippen LogP contribution >= 0.6 is 0 Å². The van der Waals surface area contributed by atoms with Crippen LogP contribution in [0.15, 0.2) is 48.6 Å². The van der Waals surface area contributed by atoms with E-state index >= 15 is 0 Å². The highest BCUT2D eigenvalue weighted by atomic mass is 32.2. The van der Waals surface area contributed by atoms with E-state index in [2.05, 4.69) is 67.8 Å². The maximum Gasteiger partial charge on any atom is 0.266 e. The van der Waals surface area contributed by atoms with Crippen LogP contribution in [0.25, 0.3) is 0 Å². The first-order valence-corrected chi connectivity index (χ1v) is 22.9. The van der Waals surface area contributed by atoms with Gasteiger partial charge in [0.1, 0.15) is 0 Å². The first kappa shape index (κ1) is 49.3. The maximum atomic E-state index is 12.5. The monoisotopic (exact) mass is 736 g/mol. The predicted molar refractivity (Wildman–Crippen MR) is 221 cm³/mol. The summed E-state index contributed by atoms with van der Waals surface area (Å²) in [6.45, 7) is 4.41. The SMILES string of the molecule is CC/C=C\C/C=C\C/C=C\C/C=C\CCCCCCCCCCCCC(=O)NC(CS(=O)(=O)O)C(O)CCCCCCCCCCCCCCC. The number of aliphatic hydroxyl groups excluding tert-OH is 1. The van der Waals surface area contributed by atoms with Gasteiger partial charge in [-0.25, -0.2) is 0 Å². The summed E-state index contributed by atoms with van der Waals surface area (Å²) in [5, 5.41) is 13.4. The molecule has 0 saturated heterocycles. The molecule has 6 nitrogen and oxygen atoms in total. The molecular formula is C44H81NO5S. The second-order valence-corrected chi connectivity index (χ2v) is 16.1. The predicted octanol–water partition coefficient (Wildman–Crippen LogP) is 12.7. The minimum absolute atomic E-state index is 0.252. The largest absolute Gasteiger partial charge is 0.391 e. The van der Waals surface area contributed by atoms with Crippen molar-refractivity contribution in [2.24, 2.45) is 0 Å². The van der Waals surface area contributed by atoms with Crippen molar-refractivity contribution in [3.05, 3.63) is 48.6 Å². The molecule has 0 saturated carbocycles. The first-order valence-electron chi connectivity index (χ1n) is 21.3. The third-order valence-electron chi connectivity index (χ3n) is 9.55. The number of carbonyl (C=O) groups is 1. The van der Waals surface area contributed by atoms with Gasteiger partial charge in [-0.3, -0.25) is 9.35 Å². The molecule has 0 heterocycles. The van der Waals surface area contributed by atoms with E-state index in [0.29, 0.717) is 12.8 Å². The lowest BCUT2D eigenvalue weighted by Crippen LogP contribution is -2.47. The molecular weight excluding hydrogens is 655 g/mol. The van der Waals surface area contributed by atoms with Crippen molar-refractivity contribution in [1.82, 2.24) is 5.32 Å². The smallest absolute Gasteiger partial charge is 0.266 e. The van der Waals surface area contributed by atoms with Gasteiger partial charge in [0.05, 0.1) is 17.9 Å². The fourth-order valence-electron chi connectivity index (χ4n) is 6.39. The van der Waals surface area contributed by atoms with Crippen LogP contribution in [0.1, 0.15) is 206 Å². The molecule has 0 spiro atoms. The number of allylic oxidation sites excluding steroid dienone is 8. The van der Waals surface area contributed by atoms with Crippen LogP contribution < -0.4 is 5.32 Å². The topological polar surface area (TPSA) is 104 Å². The van der Waals surface area contributed by atoms with E-state index in [1.165, 1.54) is 116 Å². The minimum Gasteiger partial charge on any atom is -0.391 e. The zero-order valence-corrected chi connectivity index (χ0v) is 34.0. The van der Waals surface area contributed by atoms with Crippen molar-refractivity contribution in [2.75, 3.05) is 5.75 Å². The van der Waals surface area contributed by atoms with E-state index in [1.54, 1.807) is 0 Å². The van der Waals surface area contributed by atoms with E-state index in [0.717, 1.165) is 64.2 Å². The first-order chi connectivity index (χ1) is 24.8. The highest BCUT2D eigenvalue weighted by Gasteiger charge is 2.26. The summed E-state index contributed by atoms with van der Waals surface area (Å²) in [4.78, 5) is 12.5. The fourth-order valence-corrected chi connectivity index (χ4v) is 7.15. The summed E-state index contributed by atoms with van der Waals surface area (Å²) in [6.07, 6.45) is 50.6. The number of hydrogen-bond donors (Lipinski definition) is 3. The number of carbonyl (C=O) groups excluding carboxylic acids is 1. The molecule has 2 atom stereocenters. The molecule has 0 aliphatic rings. The average molecular weight is 736 g/mol. The van der Waals surface area contributed by atoms with Crippen LogP contribution in [-0.4, -0.2) is 41.9 Å². The molecule has 2 unspecified atom stereocenters. The van der Waals surface area contributed by atoms with E-state index in [1.807, 2.05) is 0 Å². The van der Waals surface area contributed by atoms with Gasteiger partial charge in [-0.2, -0.15) is 8.42 Å². The Morgan fingerprint density at radius 2 is 0.941 bits per heavy atom. The van der Waals surface area contributed by atoms with Gasteiger partial charge in [0, 0.05) is 6.42 Å². The van der Waals surface area contributed by atoms with Crippen molar-refractivity contribution < 1.29 is 22.9 Å². The van der Waals surface area contributed by atoms with Gasteiger partial charge in [0.2, 0.25) is 5.91 Å². The van der Waals surface area contributed by atoms with Crippen molar-refractivity contribution in [2.45, 2.75) is 219 Å². The van der Waals surface area contributed by atoms with Crippen LogP contribution in [0, 0.1) is 0 Å². The van der Waals surface area contributed by atoms with Crippen molar-refractivity contribution in [3.8, 4) is 0 Å². The van der Waals surface area contributed by atoms with E-state index in [4.69, 9.17) is 0 Å². The van der Waals surface area contributed by atoms with Crippen LogP contribution in [0.3, 0.4) is 0 Å². The van der Waals surface area contributed by atoms with Gasteiger partial charge in [-0.1, -0.05) is 197 Å². The molecule has 7 heteroatoms. The summed E-state index contributed by atoms with van der Waals surface area (Å²) in [5.74, 6) is -0.902. The molecule has 0 rings (SSSR count). The lowest BCUT2D eigenvalue weighted by molar-refractivity contribution is -0.122. The van der Waals surface area contributed by atoms with Gasteiger partial charge in [0.25, 0.3) is 10.1 Å². The number of rotatable bonds is 38. The molecule has 0 radical (unpaired) electrons. The van der Waals surface area contributed by atoms with E-state index < -0.39 is 28.0 Å². The van der Waals surface area contributed by atoms with Crippen LogP contribution in [0.4, 0.5) is 0 Å². The Labute approximate surface area is 316 Å². The van der Waals surface area contributed by atoms with Crippen LogP contribution in [0.2, 0.25) is 0 Å². The Morgan fingerprint density at radius 1 is 0.549 bits per heavy atom. The van der Waals surface area contributed by atoms with Gasteiger partial charge < -0.3 is 10.4 Å². The Hall–Kier alpha value is -1.70. The van der Waals surface area contributed by atoms with Gasteiger partial charge in [-0.05, 0) is 51.4 Å². The highest BCUT2D eigenvalue weighted by Crippen LogP contribution is 2.16. The van der Waals surface area contributed by atoms with Crippen LogP contribution in [-0.2, 0) is 14.9 Å². The molecule has 0 fully saturated rings. The molecule has 0 aliphatic carbocycles. The third-order valence-corrected chi connectivity index (χ3v) is 10.3. The van der Waals surface area contributed by atoms with Crippen molar-refractivity contribution >= 4 is 16.0 Å². The number of hydrogen-bond acceptors (Lipinski definition) is 4. The second kappa shape index (κ2) is 38.0. The molecule has 0 aromatic carbocycles.